The van der Waals surface area contributed by atoms with Gasteiger partial charge in [0, 0.05) is 24.8 Å². The van der Waals surface area contributed by atoms with Crippen molar-refractivity contribution in [3.8, 4) is 11.5 Å². The molecule has 1 rings (SSSR count). The van der Waals surface area contributed by atoms with Gasteiger partial charge >= 0.3 is 0 Å². The second-order valence-electron chi connectivity index (χ2n) is 4.61. The number of nitrogens with zero attached hydrogens (tertiary/aromatic N) is 1. The Bertz CT molecular complexity index is 638. The molecule has 10 heteroatoms. The summed E-state index contributed by atoms with van der Waals surface area (Å²) in [7, 11) is -0.0391. The molecule has 4 N–H and O–H groups in total. The summed E-state index contributed by atoms with van der Waals surface area (Å²) in [5.74, 6) is 1.52. The Labute approximate surface area is 160 Å². The predicted octanol–water partition coefficient (Wildman–Crippen LogP) is 1.38. The molecule has 0 amide bonds. The molecule has 0 unspecified atom stereocenters. The standard InChI is InChI=1S/C14H24N4O4S.HI/c1-4-23(19,20)17-9-5-8-16-14(15)18-11-6-7-12(21-2)13(10-11)22-3;/h6-7,10,17H,4-5,8-9H2,1-3H3,(H3,15,16,18);1H. The van der Waals surface area contributed by atoms with Crippen LogP contribution in [0.3, 0.4) is 0 Å². The minimum Gasteiger partial charge on any atom is -0.493 e. The summed E-state index contributed by atoms with van der Waals surface area (Å²) in [5, 5.41) is 2.94. The van der Waals surface area contributed by atoms with E-state index in [0.717, 1.165) is 5.69 Å². The lowest BCUT2D eigenvalue weighted by Crippen LogP contribution is -2.27. The van der Waals surface area contributed by atoms with Gasteiger partial charge in [0.25, 0.3) is 0 Å². The zero-order valence-corrected chi connectivity index (χ0v) is 17.2. The van der Waals surface area contributed by atoms with Crippen LogP contribution in [0.4, 0.5) is 5.69 Å². The van der Waals surface area contributed by atoms with Crippen LogP contribution in [0.25, 0.3) is 0 Å². The Hall–Kier alpha value is -1.27. The maximum atomic E-state index is 11.2. The Morgan fingerprint density at radius 2 is 1.92 bits per heavy atom. The number of ether oxygens (including phenoxy) is 2. The first kappa shape index (κ1) is 22.7. The van der Waals surface area contributed by atoms with E-state index in [-0.39, 0.29) is 35.7 Å². The lowest BCUT2D eigenvalue weighted by molar-refractivity contribution is 0.355. The van der Waals surface area contributed by atoms with Crippen molar-refractivity contribution in [2.24, 2.45) is 10.7 Å². The number of sulfonamides is 1. The number of hydrogen-bond donors (Lipinski definition) is 3. The van der Waals surface area contributed by atoms with E-state index in [2.05, 4.69) is 15.0 Å². The smallest absolute Gasteiger partial charge is 0.211 e. The first-order chi connectivity index (χ1) is 10.9. The van der Waals surface area contributed by atoms with Gasteiger partial charge in [0.05, 0.1) is 20.0 Å². The topological polar surface area (TPSA) is 115 Å². The summed E-state index contributed by atoms with van der Waals surface area (Å²) in [6.45, 7) is 2.34. The fraction of sp³-hybridized carbons (Fsp3) is 0.500. The average molecular weight is 472 g/mol. The molecule has 0 aliphatic heterocycles. The monoisotopic (exact) mass is 472 g/mol. The highest BCUT2D eigenvalue weighted by molar-refractivity contribution is 14.0. The van der Waals surface area contributed by atoms with Gasteiger partial charge in [-0.3, -0.25) is 4.99 Å². The van der Waals surface area contributed by atoms with Crippen LogP contribution in [0.1, 0.15) is 13.3 Å². The molecular weight excluding hydrogens is 447 g/mol. The summed E-state index contributed by atoms with van der Waals surface area (Å²) in [4.78, 5) is 4.14. The fourth-order valence-electron chi connectivity index (χ4n) is 1.71. The van der Waals surface area contributed by atoms with Gasteiger partial charge in [-0.25, -0.2) is 13.1 Å². The number of guanidine groups is 1. The van der Waals surface area contributed by atoms with E-state index < -0.39 is 10.0 Å². The number of rotatable bonds is 9. The van der Waals surface area contributed by atoms with Gasteiger partial charge in [-0.15, -0.1) is 24.0 Å². The van der Waals surface area contributed by atoms with Crippen LogP contribution in [-0.4, -0.2) is 47.4 Å². The predicted molar refractivity (Wildman–Crippen MR) is 107 cm³/mol. The van der Waals surface area contributed by atoms with Crippen molar-refractivity contribution in [2.75, 3.05) is 38.4 Å². The third kappa shape index (κ3) is 8.02. The largest absolute Gasteiger partial charge is 0.493 e. The minimum absolute atomic E-state index is 0. The van der Waals surface area contributed by atoms with Crippen LogP contribution in [0.2, 0.25) is 0 Å². The summed E-state index contributed by atoms with van der Waals surface area (Å²) >= 11 is 0. The second kappa shape index (κ2) is 11.3. The molecule has 0 radical (unpaired) electrons. The fourth-order valence-corrected chi connectivity index (χ4v) is 2.37. The Balaban J connectivity index is 0.00000529. The first-order valence-corrected chi connectivity index (χ1v) is 8.83. The number of hydrogen-bond acceptors (Lipinski definition) is 5. The summed E-state index contributed by atoms with van der Waals surface area (Å²) in [6, 6.07) is 5.30. The van der Waals surface area contributed by atoms with Crippen LogP contribution in [0.5, 0.6) is 11.5 Å². The van der Waals surface area contributed by atoms with E-state index in [1.165, 1.54) is 0 Å². The third-order valence-electron chi connectivity index (χ3n) is 2.98. The number of anilines is 1. The van der Waals surface area contributed by atoms with E-state index in [1.54, 1.807) is 39.3 Å². The van der Waals surface area contributed by atoms with E-state index in [0.29, 0.717) is 31.0 Å². The SMILES string of the molecule is CCS(=O)(=O)NCCCN=C(N)Nc1ccc(OC)c(OC)c1.I. The third-order valence-corrected chi connectivity index (χ3v) is 4.38. The number of benzene rings is 1. The first-order valence-electron chi connectivity index (χ1n) is 7.18. The Morgan fingerprint density at radius 3 is 2.50 bits per heavy atom. The van der Waals surface area contributed by atoms with Gasteiger partial charge in [-0.05, 0) is 25.5 Å². The molecule has 138 valence electrons. The maximum absolute atomic E-state index is 11.2. The molecule has 0 saturated heterocycles. The quantitative estimate of drug-likeness (QED) is 0.217. The zero-order valence-electron chi connectivity index (χ0n) is 14.0. The molecule has 0 atom stereocenters. The van der Waals surface area contributed by atoms with E-state index in [4.69, 9.17) is 15.2 Å². The van der Waals surface area contributed by atoms with Gasteiger partial charge in [-0.1, -0.05) is 0 Å². The summed E-state index contributed by atoms with van der Waals surface area (Å²) < 4.78 is 35.3. The van der Waals surface area contributed by atoms with Crippen molar-refractivity contribution in [3.05, 3.63) is 18.2 Å². The van der Waals surface area contributed by atoms with E-state index in [9.17, 15) is 8.42 Å². The molecular formula is C14H25IN4O4S. The maximum Gasteiger partial charge on any atom is 0.211 e. The normalized spacial score (nSPS) is 11.5. The molecule has 0 saturated carbocycles. The zero-order chi connectivity index (χ0) is 17.3. The Morgan fingerprint density at radius 1 is 1.25 bits per heavy atom. The molecule has 0 bridgehead atoms. The van der Waals surface area contributed by atoms with Crippen LogP contribution < -0.4 is 25.2 Å². The van der Waals surface area contributed by atoms with Crippen molar-refractivity contribution in [1.82, 2.24) is 4.72 Å². The molecule has 8 nitrogen and oxygen atoms in total. The number of halogens is 1. The molecule has 24 heavy (non-hydrogen) atoms. The molecule has 1 aromatic rings. The van der Waals surface area contributed by atoms with Crippen molar-refractivity contribution >= 4 is 45.6 Å². The second-order valence-corrected chi connectivity index (χ2v) is 6.71. The van der Waals surface area contributed by atoms with Crippen molar-refractivity contribution < 1.29 is 17.9 Å². The van der Waals surface area contributed by atoms with Crippen LogP contribution >= 0.6 is 24.0 Å². The van der Waals surface area contributed by atoms with Crippen LogP contribution in [0, 0.1) is 0 Å². The van der Waals surface area contributed by atoms with E-state index in [1.807, 2.05) is 0 Å². The van der Waals surface area contributed by atoms with E-state index >= 15 is 0 Å². The molecule has 0 aromatic heterocycles. The summed E-state index contributed by atoms with van der Waals surface area (Å²) in [5.41, 5.74) is 6.51. The van der Waals surface area contributed by atoms with Gasteiger partial charge in [0.15, 0.2) is 17.5 Å². The van der Waals surface area contributed by atoms with Gasteiger partial charge < -0.3 is 20.5 Å². The summed E-state index contributed by atoms with van der Waals surface area (Å²) in [6.07, 6.45) is 0.563. The van der Waals surface area contributed by atoms with Crippen LogP contribution in [-0.2, 0) is 10.0 Å². The lowest BCUT2D eigenvalue weighted by Gasteiger charge is -2.11. The molecule has 0 heterocycles. The highest BCUT2D eigenvalue weighted by atomic mass is 127. The molecule has 0 spiro atoms. The van der Waals surface area contributed by atoms with Crippen LogP contribution in [0.15, 0.2) is 23.2 Å². The number of aliphatic imine (C=N–C) groups is 1. The highest BCUT2D eigenvalue weighted by Crippen LogP contribution is 2.29. The molecule has 0 fully saturated rings. The van der Waals surface area contributed by atoms with Crippen molar-refractivity contribution in [1.29, 1.82) is 0 Å². The Kier molecular flexibility index (Phi) is 10.7. The van der Waals surface area contributed by atoms with Gasteiger partial charge in [0.2, 0.25) is 10.0 Å². The molecule has 0 aliphatic rings. The molecule has 1 aromatic carbocycles. The number of methoxy groups -OCH3 is 2. The number of nitrogens with two attached hydrogens (primary N) is 1. The van der Waals surface area contributed by atoms with Crippen molar-refractivity contribution in [2.45, 2.75) is 13.3 Å². The highest BCUT2D eigenvalue weighted by Gasteiger charge is 2.06. The minimum atomic E-state index is -3.15. The molecule has 0 aliphatic carbocycles. The number of nitrogens with one attached hydrogen (secondary N) is 2. The van der Waals surface area contributed by atoms with Crippen molar-refractivity contribution in [3.63, 3.8) is 0 Å². The average Bonchev–Trinajstić information content (AvgIpc) is 2.54. The van der Waals surface area contributed by atoms with Gasteiger partial charge in [-0.2, -0.15) is 0 Å². The lowest BCUT2D eigenvalue weighted by atomic mass is 10.3. The van der Waals surface area contributed by atoms with Gasteiger partial charge in [0.1, 0.15) is 0 Å².